The molecule has 0 aromatic carbocycles. The minimum absolute atomic E-state index is 0.203. The summed E-state index contributed by atoms with van der Waals surface area (Å²) >= 11 is 0. The number of amides is 1. The number of fused-ring (bicyclic) bond motifs is 1. The van der Waals surface area contributed by atoms with Crippen molar-refractivity contribution in [2.24, 2.45) is 5.92 Å². The molecule has 0 saturated carbocycles. The molecule has 2 aliphatic heterocycles. The first kappa shape index (κ1) is 20.9. The van der Waals surface area contributed by atoms with Crippen LogP contribution in [0.5, 0.6) is 5.88 Å². The molecule has 9 heteroatoms. The van der Waals surface area contributed by atoms with E-state index in [9.17, 15) is 13.2 Å². The van der Waals surface area contributed by atoms with Gasteiger partial charge in [-0.3, -0.25) is 4.79 Å². The lowest BCUT2D eigenvalue weighted by molar-refractivity contribution is 0.0910. The number of anilines is 1. The Morgan fingerprint density at radius 3 is 2.64 bits per heavy atom. The van der Waals surface area contributed by atoms with Gasteiger partial charge in [-0.2, -0.15) is 12.7 Å². The van der Waals surface area contributed by atoms with Gasteiger partial charge < -0.3 is 10.1 Å². The molecule has 1 aromatic heterocycles. The number of nitrogens with zero attached hydrogens (tertiary/aromatic N) is 3. The Labute approximate surface area is 167 Å². The number of hydrogen-bond donors (Lipinski definition) is 1. The predicted octanol–water partition coefficient (Wildman–Crippen LogP) is 2.18. The maximum absolute atomic E-state index is 13.2. The lowest BCUT2D eigenvalue weighted by atomic mass is 10.0. The molecule has 0 spiro atoms. The number of carbonyl (C=O) groups is 1. The molecule has 2 aliphatic rings. The molecule has 1 aromatic rings. The summed E-state index contributed by atoms with van der Waals surface area (Å²) in [5.41, 5.74) is 0.282. The van der Waals surface area contributed by atoms with Crippen LogP contribution in [0.15, 0.2) is 12.3 Å². The minimum atomic E-state index is -3.69. The normalized spacial score (nSPS) is 19.1. The smallest absolute Gasteiger partial charge is 0.304 e. The van der Waals surface area contributed by atoms with Crippen LogP contribution in [0, 0.1) is 5.92 Å². The van der Waals surface area contributed by atoms with Crippen LogP contribution in [0.4, 0.5) is 5.69 Å². The summed E-state index contributed by atoms with van der Waals surface area (Å²) in [6.45, 7) is 9.46. The number of pyridine rings is 1. The molecule has 0 radical (unpaired) electrons. The van der Waals surface area contributed by atoms with Crippen LogP contribution in [0.1, 0.15) is 57.3 Å². The maximum atomic E-state index is 13.2. The van der Waals surface area contributed by atoms with Crippen molar-refractivity contribution in [1.82, 2.24) is 14.6 Å². The monoisotopic (exact) mass is 410 g/mol. The van der Waals surface area contributed by atoms with Crippen LogP contribution >= 0.6 is 0 Å². The second-order valence-corrected chi connectivity index (χ2v) is 10.1. The van der Waals surface area contributed by atoms with Gasteiger partial charge in [-0.15, -0.1) is 0 Å². The van der Waals surface area contributed by atoms with Gasteiger partial charge >= 0.3 is 10.2 Å². The molecule has 156 valence electrons. The lowest BCUT2D eigenvalue weighted by Gasteiger charge is -2.36. The van der Waals surface area contributed by atoms with Gasteiger partial charge in [-0.1, -0.05) is 13.8 Å². The van der Waals surface area contributed by atoms with Crippen LogP contribution in [0.2, 0.25) is 0 Å². The van der Waals surface area contributed by atoms with Gasteiger partial charge in [0.05, 0.1) is 12.1 Å². The van der Waals surface area contributed by atoms with Gasteiger partial charge in [0.25, 0.3) is 5.91 Å². The first-order valence-electron chi connectivity index (χ1n) is 9.87. The van der Waals surface area contributed by atoms with Crippen molar-refractivity contribution >= 4 is 21.8 Å². The number of ether oxygens (including phenoxy) is 1. The maximum Gasteiger partial charge on any atom is 0.304 e. The van der Waals surface area contributed by atoms with Gasteiger partial charge in [-0.05, 0) is 45.1 Å². The molecule has 1 amide bonds. The van der Waals surface area contributed by atoms with Crippen molar-refractivity contribution in [2.45, 2.75) is 52.5 Å². The van der Waals surface area contributed by atoms with E-state index in [0.717, 1.165) is 19.3 Å². The fourth-order valence-electron chi connectivity index (χ4n) is 3.26. The third-order valence-electron chi connectivity index (χ3n) is 5.58. The fourth-order valence-corrected chi connectivity index (χ4v) is 4.90. The lowest BCUT2D eigenvalue weighted by Crippen LogP contribution is -2.49. The summed E-state index contributed by atoms with van der Waals surface area (Å²) in [6.07, 6.45) is 3.90. The molecule has 3 rings (SSSR count). The Balaban J connectivity index is 1.89. The Kier molecular flexibility index (Phi) is 5.86. The SMILES string of the molecule is CCC(C)(C)NC(=O)c1cnc2c(c1)N(S(=O)(=O)N1CCC(C)CC1)CCO2. The van der Waals surface area contributed by atoms with Gasteiger partial charge in [-0.25, -0.2) is 9.29 Å². The summed E-state index contributed by atoms with van der Waals surface area (Å²) in [7, 11) is -3.69. The highest BCUT2D eigenvalue weighted by molar-refractivity contribution is 7.90. The third kappa shape index (κ3) is 4.25. The van der Waals surface area contributed by atoms with Gasteiger partial charge in [0.1, 0.15) is 12.3 Å². The van der Waals surface area contributed by atoms with Crippen molar-refractivity contribution in [2.75, 3.05) is 30.5 Å². The van der Waals surface area contributed by atoms with Crippen LogP contribution in [0.25, 0.3) is 0 Å². The Hall–Kier alpha value is -1.87. The molecule has 0 atom stereocenters. The van der Waals surface area contributed by atoms with Gasteiger partial charge in [0.2, 0.25) is 5.88 Å². The number of piperidine rings is 1. The summed E-state index contributed by atoms with van der Waals surface area (Å²) in [4.78, 5) is 16.8. The molecule has 0 unspecified atom stereocenters. The highest BCUT2D eigenvalue weighted by atomic mass is 32.2. The van der Waals surface area contributed by atoms with Crippen molar-refractivity contribution in [3.8, 4) is 5.88 Å². The van der Waals surface area contributed by atoms with Crippen molar-refractivity contribution in [3.63, 3.8) is 0 Å². The van der Waals surface area contributed by atoms with E-state index in [1.165, 1.54) is 14.8 Å². The average Bonchev–Trinajstić information content (AvgIpc) is 2.67. The Bertz CT molecular complexity index is 832. The van der Waals surface area contributed by atoms with E-state index in [-0.39, 0.29) is 30.5 Å². The third-order valence-corrected chi connectivity index (χ3v) is 7.53. The molecule has 28 heavy (non-hydrogen) atoms. The van der Waals surface area contributed by atoms with Crippen LogP contribution in [-0.2, 0) is 10.2 Å². The standard InChI is InChI=1S/C19H30N4O4S/c1-5-19(3,4)21-17(24)15-12-16-18(20-13-15)27-11-10-23(16)28(25,26)22-8-6-14(2)7-9-22/h12-14H,5-11H2,1-4H3,(H,21,24). The van der Waals surface area contributed by atoms with E-state index in [1.54, 1.807) is 6.07 Å². The zero-order valence-electron chi connectivity index (χ0n) is 17.1. The molecule has 3 heterocycles. The summed E-state index contributed by atoms with van der Waals surface area (Å²) in [5, 5.41) is 2.95. The van der Waals surface area contributed by atoms with E-state index in [4.69, 9.17) is 4.74 Å². The molecule has 8 nitrogen and oxygen atoms in total. The molecule has 0 aliphatic carbocycles. The summed E-state index contributed by atoms with van der Waals surface area (Å²) in [6, 6.07) is 1.56. The number of rotatable bonds is 5. The number of carbonyl (C=O) groups excluding carboxylic acids is 1. The van der Waals surface area contributed by atoms with Crippen LogP contribution in [-0.4, -0.2) is 55.4 Å². The molecular formula is C19H30N4O4S. The zero-order chi connectivity index (χ0) is 20.5. The molecule has 1 N–H and O–H groups in total. The van der Waals surface area contributed by atoms with Crippen molar-refractivity contribution < 1.29 is 17.9 Å². The Morgan fingerprint density at radius 2 is 2.00 bits per heavy atom. The predicted molar refractivity (Wildman–Crippen MR) is 108 cm³/mol. The van der Waals surface area contributed by atoms with Gasteiger partial charge in [0.15, 0.2) is 0 Å². The zero-order valence-corrected chi connectivity index (χ0v) is 17.9. The first-order valence-corrected chi connectivity index (χ1v) is 11.3. The Morgan fingerprint density at radius 1 is 1.32 bits per heavy atom. The highest BCUT2D eigenvalue weighted by Crippen LogP contribution is 2.34. The van der Waals surface area contributed by atoms with Crippen LogP contribution in [0.3, 0.4) is 0 Å². The number of hydrogen-bond acceptors (Lipinski definition) is 5. The first-order chi connectivity index (χ1) is 13.1. The number of nitrogens with one attached hydrogen (secondary N) is 1. The molecule has 1 saturated heterocycles. The van der Waals surface area contributed by atoms with Crippen molar-refractivity contribution in [3.05, 3.63) is 17.8 Å². The highest BCUT2D eigenvalue weighted by Gasteiger charge is 2.36. The molecule has 0 bridgehead atoms. The molecular weight excluding hydrogens is 380 g/mol. The fraction of sp³-hybridized carbons (Fsp3) is 0.684. The quantitative estimate of drug-likeness (QED) is 0.803. The van der Waals surface area contributed by atoms with E-state index in [2.05, 4.69) is 17.2 Å². The number of aromatic nitrogens is 1. The largest absolute Gasteiger partial charge is 0.474 e. The van der Waals surface area contributed by atoms with E-state index in [0.29, 0.717) is 30.3 Å². The van der Waals surface area contributed by atoms with E-state index >= 15 is 0 Å². The summed E-state index contributed by atoms with van der Waals surface area (Å²) < 4.78 is 34.9. The van der Waals surface area contributed by atoms with E-state index < -0.39 is 10.2 Å². The second kappa shape index (κ2) is 7.87. The molecule has 1 fully saturated rings. The van der Waals surface area contributed by atoms with Crippen molar-refractivity contribution in [1.29, 1.82) is 0 Å². The van der Waals surface area contributed by atoms with Crippen LogP contribution < -0.4 is 14.4 Å². The minimum Gasteiger partial charge on any atom is -0.474 e. The second-order valence-electron chi connectivity index (χ2n) is 8.25. The summed E-state index contributed by atoms with van der Waals surface area (Å²) in [5.74, 6) is 0.491. The topological polar surface area (TPSA) is 91.8 Å². The van der Waals surface area contributed by atoms with E-state index in [1.807, 2.05) is 20.8 Å². The van der Waals surface area contributed by atoms with Gasteiger partial charge in [0, 0.05) is 24.8 Å². The average molecular weight is 411 g/mol.